The molecular formula is C19H30ClN3O4S. The van der Waals surface area contributed by atoms with Crippen molar-refractivity contribution in [3.8, 4) is 0 Å². The summed E-state index contributed by atoms with van der Waals surface area (Å²) in [6.07, 6.45) is 1.75. The van der Waals surface area contributed by atoms with Crippen LogP contribution in [0.4, 0.5) is 0 Å². The molecule has 28 heavy (non-hydrogen) atoms. The Morgan fingerprint density at radius 3 is 2.29 bits per heavy atom. The van der Waals surface area contributed by atoms with Crippen LogP contribution in [-0.2, 0) is 14.8 Å². The maximum absolute atomic E-state index is 12.9. The van der Waals surface area contributed by atoms with E-state index in [0.717, 1.165) is 25.9 Å². The molecule has 7 nitrogen and oxygen atoms in total. The molecule has 2 aliphatic rings. The Morgan fingerprint density at radius 1 is 1.11 bits per heavy atom. The zero-order valence-electron chi connectivity index (χ0n) is 16.3. The Labute approximate surface area is 173 Å². The van der Waals surface area contributed by atoms with Gasteiger partial charge in [-0.25, -0.2) is 8.42 Å². The van der Waals surface area contributed by atoms with Crippen molar-refractivity contribution in [2.24, 2.45) is 5.92 Å². The van der Waals surface area contributed by atoms with Gasteiger partial charge in [0.2, 0.25) is 10.0 Å². The molecule has 0 aliphatic carbocycles. The predicted molar refractivity (Wildman–Crippen MR) is 110 cm³/mol. The molecule has 0 radical (unpaired) electrons. The van der Waals surface area contributed by atoms with E-state index in [-0.39, 0.29) is 23.2 Å². The third kappa shape index (κ3) is 5.45. The fourth-order valence-corrected chi connectivity index (χ4v) is 5.04. The lowest BCUT2D eigenvalue weighted by Gasteiger charge is -2.31. The second-order valence-electron chi connectivity index (χ2n) is 7.08. The summed E-state index contributed by atoms with van der Waals surface area (Å²) in [4.78, 5) is 14.5. The molecule has 0 aromatic heterocycles. The highest BCUT2D eigenvalue weighted by Crippen LogP contribution is 2.24. The third-order valence-electron chi connectivity index (χ3n) is 5.29. The lowest BCUT2D eigenvalue weighted by atomic mass is 9.98. The Kier molecular flexibility index (Phi) is 8.70. The number of rotatable bonds is 6. The van der Waals surface area contributed by atoms with E-state index in [1.165, 1.54) is 0 Å². The maximum Gasteiger partial charge on any atom is 0.254 e. The van der Waals surface area contributed by atoms with Crippen LogP contribution in [0.25, 0.3) is 0 Å². The van der Waals surface area contributed by atoms with Crippen LogP contribution in [0.1, 0.15) is 30.1 Å². The van der Waals surface area contributed by atoms with E-state index in [4.69, 9.17) is 4.74 Å². The number of carbonyl (C=O) groups excluding carboxylic acids is 1. The molecule has 158 valence electrons. The van der Waals surface area contributed by atoms with Crippen LogP contribution in [-0.4, -0.2) is 76.0 Å². The predicted octanol–water partition coefficient (Wildman–Crippen LogP) is 1.59. The first-order chi connectivity index (χ1) is 13.0. The van der Waals surface area contributed by atoms with Gasteiger partial charge in [0.15, 0.2) is 0 Å². The van der Waals surface area contributed by atoms with Crippen LogP contribution in [0.5, 0.6) is 0 Å². The van der Waals surface area contributed by atoms with Gasteiger partial charge < -0.3 is 15.0 Å². The van der Waals surface area contributed by atoms with Crippen molar-refractivity contribution in [1.29, 1.82) is 0 Å². The van der Waals surface area contributed by atoms with Crippen LogP contribution in [0.15, 0.2) is 29.2 Å². The van der Waals surface area contributed by atoms with Gasteiger partial charge in [0.05, 0.1) is 18.1 Å². The SMILES string of the molecule is CCNCC1CCN(S(=O)(=O)c2ccc(C(=O)N3CCOCC3)cc2)CC1.Cl. The number of nitrogens with zero attached hydrogens (tertiary/aromatic N) is 2. The van der Waals surface area contributed by atoms with Crippen molar-refractivity contribution >= 4 is 28.3 Å². The maximum atomic E-state index is 12.9. The minimum atomic E-state index is -3.51. The molecule has 2 fully saturated rings. The van der Waals surface area contributed by atoms with Crippen molar-refractivity contribution in [2.75, 3.05) is 52.5 Å². The molecule has 3 rings (SSSR count). The quantitative estimate of drug-likeness (QED) is 0.740. The normalized spacial score (nSPS) is 19.2. The third-order valence-corrected chi connectivity index (χ3v) is 7.21. The monoisotopic (exact) mass is 431 g/mol. The summed E-state index contributed by atoms with van der Waals surface area (Å²) in [6, 6.07) is 6.33. The Hall–Kier alpha value is -1.19. The smallest absolute Gasteiger partial charge is 0.254 e. The van der Waals surface area contributed by atoms with Crippen LogP contribution in [0.3, 0.4) is 0 Å². The minimum absolute atomic E-state index is 0. The number of nitrogens with one attached hydrogen (secondary N) is 1. The average Bonchev–Trinajstić information content (AvgIpc) is 2.72. The standard InChI is InChI=1S/C19H29N3O4S.ClH/c1-2-20-15-16-7-9-22(10-8-16)27(24,25)18-5-3-17(4-6-18)19(23)21-11-13-26-14-12-21;/h3-6,16,20H,2,7-15H2,1H3;1H. The molecule has 1 amide bonds. The number of hydrogen-bond acceptors (Lipinski definition) is 5. The number of sulfonamides is 1. The Bertz CT molecular complexity index is 728. The second kappa shape index (κ2) is 10.5. The number of hydrogen-bond donors (Lipinski definition) is 1. The highest BCUT2D eigenvalue weighted by molar-refractivity contribution is 7.89. The summed E-state index contributed by atoms with van der Waals surface area (Å²) in [5, 5.41) is 3.34. The number of benzene rings is 1. The highest BCUT2D eigenvalue weighted by atomic mass is 35.5. The Balaban J connectivity index is 0.00000280. The first-order valence-corrected chi connectivity index (χ1v) is 11.1. The first kappa shape index (κ1) is 23.1. The topological polar surface area (TPSA) is 79.0 Å². The van der Waals surface area contributed by atoms with Crippen molar-refractivity contribution in [1.82, 2.24) is 14.5 Å². The van der Waals surface area contributed by atoms with Gasteiger partial charge in [-0.15, -0.1) is 12.4 Å². The zero-order valence-corrected chi connectivity index (χ0v) is 17.9. The Morgan fingerprint density at radius 2 is 1.71 bits per heavy atom. The molecule has 0 atom stereocenters. The fraction of sp³-hybridized carbons (Fsp3) is 0.632. The van der Waals surface area contributed by atoms with Gasteiger partial charge in [0.25, 0.3) is 5.91 Å². The van der Waals surface area contributed by atoms with E-state index >= 15 is 0 Å². The van der Waals surface area contributed by atoms with E-state index in [0.29, 0.717) is 50.9 Å². The van der Waals surface area contributed by atoms with E-state index in [1.807, 2.05) is 0 Å². The second-order valence-corrected chi connectivity index (χ2v) is 9.02. The summed E-state index contributed by atoms with van der Waals surface area (Å²) in [7, 11) is -3.51. The number of halogens is 1. The van der Waals surface area contributed by atoms with Crippen LogP contribution >= 0.6 is 12.4 Å². The van der Waals surface area contributed by atoms with Gasteiger partial charge in [0, 0.05) is 31.7 Å². The van der Waals surface area contributed by atoms with Crippen molar-refractivity contribution < 1.29 is 17.9 Å². The number of piperidine rings is 1. The average molecular weight is 432 g/mol. The van der Waals surface area contributed by atoms with E-state index < -0.39 is 10.0 Å². The van der Waals surface area contributed by atoms with Gasteiger partial charge in [-0.3, -0.25) is 4.79 Å². The lowest BCUT2D eigenvalue weighted by molar-refractivity contribution is 0.0303. The molecule has 2 aliphatic heterocycles. The lowest BCUT2D eigenvalue weighted by Crippen LogP contribution is -2.41. The largest absolute Gasteiger partial charge is 0.378 e. The van der Waals surface area contributed by atoms with E-state index in [9.17, 15) is 13.2 Å². The number of amides is 1. The molecule has 1 N–H and O–H groups in total. The number of morpholine rings is 1. The molecule has 1 aromatic carbocycles. The molecule has 1 aromatic rings. The summed E-state index contributed by atoms with van der Waals surface area (Å²) in [5.41, 5.74) is 0.514. The van der Waals surface area contributed by atoms with E-state index in [2.05, 4.69) is 12.2 Å². The summed E-state index contributed by atoms with van der Waals surface area (Å²) in [5.74, 6) is 0.455. The molecular weight excluding hydrogens is 402 g/mol. The molecule has 0 saturated carbocycles. The summed E-state index contributed by atoms with van der Waals surface area (Å²) in [6.45, 7) is 7.29. The van der Waals surface area contributed by atoms with Crippen molar-refractivity contribution in [3.63, 3.8) is 0 Å². The zero-order chi connectivity index (χ0) is 19.3. The van der Waals surface area contributed by atoms with Gasteiger partial charge in [-0.05, 0) is 56.1 Å². The molecule has 0 bridgehead atoms. The van der Waals surface area contributed by atoms with Gasteiger partial charge in [-0.1, -0.05) is 6.92 Å². The molecule has 0 spiro atoms. The summed E-state index contributed by atoms with van der Waals surface area (Å²) >= 11 is 0. The van der Waals surface area contributed by atoms with Crippen LogP contribution in [0, 0.1) is 5.92 Å². The molecule has 9 heteroatoms. The van der Waals surface area contributed by atoms with Crippen molar-refractivity contribution in [3.05, 3.63) is 29.8 Å². The van der Waals surface area contributed by atoms with Crippen LogP contribution < -0.4 is 5.32 Å². The highest BCUT2D eigenvalue weighted by Gasteiger charge is 2.29. The number of carbonyl (C=O) groups is 1. The van der Waals surface area contributed by atoms with Gasteiger partial charge >= 0.3 is 0 Å². The first-order valence-electron chi connectivity index (χ1n) is 9.70. The number of ether oxygens (including phenoxy) is 1. The van der Waals surface area contributed by atoms with E-state index in [1.54, 1.807) is 33.5 Å². The minimum Gasteiger partial charge on any atom is -0.378 e. The fourth-order valence-electron chi connectivity index (χ4n) is 3.57. The molecule has 2 heterocycles. The summed E-state index contributed by atoms with van der Waals surface area (Å²) < 4.78 is 32.6. The molecule has 2 saturated heterocycles. The van der Waals surface area contributed by atoms with Gasteiger partial charge in [0.1, 0.15) is 0 Å². The molecule has 0 unspecified atom stereocenters. The van der Waals surface area contributed by atoms with Crippen molar-refractivity contribution in [2.45, 2.75) is 24.7 Å². The van der Waals surface area contributed by atoms with Crippen LogP contribution in [0.2, 0.25) is 0 Å². The van der Waals surface area contributed by atoms with Gasteiger partial charge in [-0.2, -0.15) is 4.31 Å².